The van der Waals surface area contributed by atoms with Gasteiger partial charge in [0.1, 0.15) is 0 Å². The van der Waals surface area contributed by atoms with Crippen LogP contribution in [0.3, 0.4) is 0 Å². The van der Waals surface area contributed by atoms with Crippen LogP contribution < -0.4 is 10.6 Å². The molecule has 1 amide bonds. The second-order valence-electron chi connectivity index (χ2n) is 2.84. The minimum absolute atomic E-state index is 0.0848. The van der Waals surface area contributed by atoms with E-state index in [4.69, 9.17) is 12.2 Å². The van der Waals surface area contributed by atoms with Crippen LogP contribution in [0, 0.1) is 3.57 Å². The highest BCUT2D eigenvalue weighted by atomic mass is 127. The van der Waals surface area contributed by atoms with Crippen LogP contribution in [0.25, 0.3) is 0 Å². The third-order valence-electron chi connectivity index (χ3n) is 1.70. The van der Waals surface area contributed by atoms with Gasteiger partial charge in [-0.2, -0.15) is 0 Å². The van der Waals surface area contributed by atoms with Crippen LogP contribution in [-0.4, -0.2) is 11.0 Å². The minimum Gasteiger partial charge on any atom is -0.332 e. The largest absolute Gasteiger partial charge is 0.332 e. The molecule has 5 heteroatoms. The molecule has 0 atom stereocenters. The summed E-state index contributed by atoms with van der Waals surface area (Å²) in [5, 5.41) is 5.89. The van der Waals surface area contributed by atoms with E-state index in [0.717, 1.165) is 9.26 Å². The van der Waals surface area contributed by atoms with Crippen LogP contribution >= 0.6 is 34.8 Å². The van der Waals surface area contributed by atoms with Gasteiger partial charge in [-0.3, -0.25) is 4.79 Å². The first-order chi connectivity index (χ1) is 7.13. The molecule has 0 radical (unpaired) electrons. The number of carbonyl (C=O) groups is 1. The Bertz CT molecular complexity index is 381. The van der Waals surface area contributed by atoms with E-state index in [9.17, 15) is 4.79 Å². The van der Waals surface area contributed by atoms with Crippen LogP contribution in [0.5, 0.6) is 0 Å². The maximum absolute atomic E-state index is 11.1. The molecule has 0 aliphatic heterocycles. The van der Waals surface area contributed by atoms with E-state index in [1.165, 1.54) is 0 Å². The summed E-state index contributed by atoms with van der Waals surface area (Å²) in [6.07, 6.45) is 0.424. The van der Waals surface area contributed by atoms with E-state index in [-0.39, 0.29) is 5.91 Å². The van der Waals surface area contributed by atoms with E-state index in [2.05, 4.69) is 33.2 Å². The second-order valence-corrected chi connectivity index (χ2v) is 4.41. The number of rotatable bonds is 2. The molecule has 0 heterocycles. The lowest BCUT2D eigenvalue weighted by molar-refractivity contribution is -0.119. The molecule has 0 fully saturated rings. The van der Waals surface area contributed by atoms with Crippen molar-refractivity contribution in [2.45, 2.75) is 13.3 Å². The molecule has 15 heavy (non-hydrogen) atoms. The van der Waals surface area contributed by atoms with E-state index in [1.54, 1.807) is 6.92 Å². The summed E-state index contributed by atoms with van der Waals surface area (Å²) in [6, 6.07) is 7.73. The number of carbonyl (C=O) groups excluding carboxylic acids is 1. The Morgan fingerprint density at radius 2 is 2.13 bits per heavy atom. The zero-order valence-electron chi connectivity index (χ0n) is 8.21. The van der Waals surface area contributed by atoms with Gasteiger partial charge in [-0.25, -0.2) is 0 Å². The highest BCUT2D eigenvalue weighted by molar-refractivity contribution is 14.1. The third-order valence-corrected chi connectivity index (χ3v) is 2.84. The Kier molecular flexibility index (Phi) is 4.97. The first kappa shape index (κ1) is 12.4. The predicted octanol–water partition coefficient (Wildman–Crippen LogP) is 2.51. The smallest absolute Gasteiger partial charge is 0.225 e. The lowest BCUT2D eigenvalue weighted by atomic mass is 10.3. The normalized spacial score (nSPS) is 9.47. The van der Waals surface area contributed by atoms with Crippen LogP contribution in [-0.2, 0) is 4.79 Å². The van der Waals surface area contributed by atoms with Gasteiger partial charge in [0, 0.05) is 9.99 Å². The van der Waals surface area contributed by atoms with Crippen molar-refractivity contribution in [3.05, 3.63) is 27.8 Å². The fourth-order valence-corrected chi connectivity index (χ4v) is 1.68. The monoisotopic (exact) mass is 334 g/mol. The third kappa shape index (κ3) is 4.13. The number of benzene rings is 1. The maximum Gasteiger partial charge on any atom is 0.225 e. The summed E-state index contributed by atoms with van der Waals surface area (Å²) < 4.78 is 1.06. The number of para-hydroxylation sites is 1. The number of anilines is 1. The standard InChI is InChI=1S/C10H11IN2OS/c1-2-9(14)13-10(15)12-8-6-4-3-5-7(8)11/h3-6H,2H2,1H3,(H2,12,13,14,15). The quantitative estimate of drug-likeness (QED) is 0.645. The van der Waals surface area contributed by atoms with Gasteiger partial charge in [-0.1, -0.05) is 19.1 Å². The Morgan fingerprint density at radius 1 is 1.47 bits per heavy atom. The number of nitrogens with one attached hydrogen (secondary N) is 2. The molecule has 1 rings (SSSR count). The Hall–Kier alpha value is -0.690. The van der Waals surface area contributed by atoms with Crippen molar-refractivity contribution in [3.8, 4) is 0 Å². The summed E-state index contributed by atoms with van der Waals surface area (Å²) in [6.45, 7) is 1.78. The molecular formula is C10H11IN2OS. The van der Waals surface area contributed by atoms with Crippen molar-refractivity contribution in [3.63, 3.8) is 0 Å². The van der Waals surface area contributed by atoms with Crippen molar-refractivity contribution in [1.29, 1.82) is 0 Å². The number of thiocarbonyl (C=S) groups is 1. The Labute approximate surface area is 108 Å². The van der Waals surface area contributed by atoms with Gasteiger partial charge in [-0.05, 0) is 46.9 Å². The summed E-state index contributed by atoms with van der Waals surface area (Å²) in [4.78, 5) is 11.1. The van der Waals surface area contributed by atoms with Crippen molar-refractivity contribution in [2.75, 3.05) is 5.32 Å². The lowest BCUT2D eigenvalue weighted by Crippen LogP contribution is -2.33. The highest BCUT2D eigenvalue weighted by Crippen LogP contribution is 2.16. The maximum atomic E-state index is 11.1. The van der Waals surface area contributed by atoms with Crippen LogP contribution in [0.1, 0.15) is 13.3 Å². The molecule has 2 N–H and O–H groups in total. The van der Waals surface area contributed by atoms with Crippen molar-refractivity contribution < 1.29 is 4.79 Å². The Morgan fingerprint density at radius 3 is 2.73 bits per heavy atom. The topological polar surface area (TPSA) is 41.1 Å². The zero-order chi connectivity index (χ0) is 11.3. The SMILES string of the molecule is CCC(=O)NC(=S)Nc1ccccc1I. The molecular weight excluding hydrogens is 323 g/mol. The summed E-state index contributed by atoms with van der Waals surface area (Å²) in [5.74, 6) is -0.0848. The molecule has 0 unspecified atom stereocenters. The molecule has 0 saturated carbocycles. The zero-order valence-corrected chi connectivity index (χ0v) is 11.2. The van der Waals surface area contributed by atoms with E-state index >= 15 is 0 Å². The van der Waals surface area contributed by atoms with Crippen molar-refractivity contribution in [2.24, 2.45) is 0 Å². The van der Waals surface area contributed by atoms with Gasteiger partial charge in [0.25, 0.3) is 0 Å². The molecule has 0 saturated heterocycles. The summed E-state index contributed by atoms with van der Waals surface area (Å²) in [5.41, 5.74) is 0.902. The molecule has 1 aromatic rings. The second kappa shape index (κ2) is 6.02. The first-order valence-electron chi connectivity index (χ1n) is 4.49. The lowest BCUT2D eigenvalue weighted by Gasteiger charge is -2.09. The number of hydrogen-bond acceptors (Lipinski definition) is 2. The van der Waals surface area contributed by atoms with Gasteiger partial charge in [0.15, 0.2) is 5.11 Å². The molecule has 0 aliphatic carbocycles. The predicted molar refractivity (Wildman–Crippen MR) is 73.8 cm³/mol. The van der Waals surface area contributed by atoms with Crippen molar-refractivity contribution >= 4 is 51.5 Å². The van der Waals surface area contributed by atoms with E-state index in [1.807, 2.05) is 24.3 Å². The number of amides is 1. The average Bonchev–Trinajstić information content (AvgIpc) is 2.21. The average molecular weight is 334 g/mol. The van der Waals surface area contributed by atoms with Crippen molar-refractivity contribution in [1.82, 2.24) is 5.32 Å². The molecule has 0 aliphatic rings. The summed E-state index contributed by atoms with van der Waals surface area (Å²) in [7, 11) is 0. The van der Waals surface area contributed by atoms with Gasteiger partial charge in [0.05, 0.1) is 5.69 Å². The Balaban J connectivity index is 2.59. The fraction of sp³-hybridized carbons (Fsp3) is 0.200. The molecule has 1 aromatic carbocycles. The molecule has 0 spiro atoms. The minimum atomic E-state index is -0.0848. The molecule has 3 nitrogen and oxygen atoms in total. The van der Waals surface area contributed by atoms with Gasteiger partial charge >= 0.3 is 0 Å². The first-order valence-corrected chi connectivity index (χ1v) is 5.97. The van der Waals surface area contributed by atoms with Crippen LogP contribution in [0.2, 0.25) is 0 Å². The van der Waals surface area contributed by atoms with Gasteiger partial charge < -0.3 is 10.6 Å². The van der Waals surface area contributed by atoms with E-state index in [0.29, 0.717) is 11.5 Å². The van der Waals surface area contributed by atoms with E-state index < -0.39 is 0 Å². The van der Waals surface area contributed by atoms with Crippen LogP contribution in [0.4, 0.5) is 5.69 Å². The molecule has 0 aromatic heterocycles. The van der Waals surface area contributed by atoms with Crippen LogP contribution in [0.15, 0.2) is 24.3 Å². The highest BCUT2D eigenvalue weighted by Gasteiger charge is 2.03. The fourth-order valence-electron chi connectivity index (χ4n) is 0.931. The number of halogens is 1. The summed E-state index contributed by atoms with van der Waals surface area (Å²) >= 11 is 7.19. The molecule has 0 bridgehead atoms. The van der Waals surface area contributed by atoms with Gasteiger partial charge in [0.2, 0.25) is 5.91 Å². The van der Waals surface area contributed by atoms with Gasteiger partial charge in [-0.15, -0.1) is 0 Å². The number of hydrogen-bond donors (Lipinski definition) is 2. The molecule has 80 valence electrons.